The van der Waals surface area contributed by atoms with Crippen LogP contribution in [0.25, 0.3) is 5.57 Å². The van der Waals surface area contributed by atoms with Crippen LogP contribution in [0.2, 0.25) is 0 Å². The zero-order valence-corrected chi connectivity index (χ0v) is 9.87. The predicted molar refractivity (Wildman–Crippen MR) is 65.4 cm³/mol. The third-order valence-corrected chi connectivity index (χ3v) is 3.43. The number of aromatic carboxylic acids is 1. The summed E-state index contributed by atoms with van der Waals surface area (Å²) in [6, 6.07) is 4.01. The van der Waals surface area contributed by atoms with Crippen LogP contribution in [0.5, 0.6) is 0 Å². The molecule has 1 aromatic heterocycles. The third-order valence-electron chi connectivity index (χ3n) is 3.43. The number of hydrogen-bond donors (Lipinski definition) is 1. The Balaban J connectivity index is 1.75. The van der Waals surface area contributed by atoms with E-state index in [9.17, 15) is 4.79 Å². The molecule has 0 atom stereocenters. The Kier molecular flexibility index (Phi) is 2.85. The van der Waals surface area contributed by atoms with E-state index < -0.39 is 5.97 Å². The molecule has 94 valence electrons. The summed E-state index contributed by atoms with van der Waals surface area (Å²) in [5.41, 5.74) is 2.22. The molecule has 2 aliphatic rings. The molecule has 2 aliphatic heterocycles. The number of carbonyl (C=O) groups is 1. The number of nitrogens with zero attached hydrogens (tertiary/aromatic N) is 2. The number of rotatable bonds is 3. The van der Waals surface area contributed by atoms with Gasteiger partial charge in [0.1, 0.15) is 5.69 Å². The molecule has 0 spiro atoms. The van der Waals surface area contributed by atoms with Crippen LogP contribution in [0, 0.1) is 0 Å². The standard InChI is InChI=1S/C13H14N2O3/c16-13(17)12-5-9(1-3-14-12)10-2-4-15(6-10)11-7-18-8-11/h1-3,5,11H,4,6-8H2,(H,16,17). The van der Waals surface area contributed by atoms with Crippen molar-refractivity contribution >= 4 is 11.5 Å². The van der Waals surface area contributed by atoms with Gasteiger partial charge in [-0.1, -0.05) is 6.08 Å². The number of aromatic nitrogens is 1. The Morgan fingerprint density at radius 2 is 2.33 bits per heavy atom. The first-order valence-corrected chi connectivity index (χ1v) is 5.94. The van der Waals surface area contributed by atoms with Crippen molar-refractivity contribution in [3.8, 4) is 0 Å². The summed E-state index contributed by atoms with van der Waals surface area (Å²) in [6.07, 6.45) is 3.70. The van der Waals surface area contributed by atoms with Gasteiger partial charge in [0.05, 0.1) is 19.3 Å². The smallest absolute Gasteiger partial charge is 0.354 e. The van der Waals surface area contributed by atoms with Crippen LogP contribution in [0.3, 0.4) is 0 Å². The number of hydrogen-bond acceptors (Lipinski definition) is 4. The molecule has 3 heterocycles. The predicted octanol–water partition coefficient (Wildman–Crippen LogP) is 0.878. The number of pyridine rings is 1. The lowest BCUT2D eigenvalue weighted by Crippen LogP contribution is -2.47. The summed E-state index contributed by atoms with van der Waals surface area (Å²) in [5, 5.41) is 8.93. The molecular formula is C13H14N2O3. The minimum atomic E-state index is -0.986. The highest BCUT2D eigenvalue weighted by Crippen LogP contribution is 2.24. The summed E-state index contributed by atoms with van der Waals surface area (Å²) < 4.78 is 5.19. The van der Waals surface area contributed by atoms with Gasteiger partial charge in [-0.05, 0) is 23.3 Å². The minimum Gasteiger partial charge on any atom is -0.477 e. The Bertz CT molecular complexity index is 509. The Labute approximate surface area is 105 Å². The minimum absolute atomic E-state index is 0.0961. The van der Waals surface area contributed by atoms with Crippen molar-refractivity contribution in [3.05, 3.63) is 35.7 Å². The fraction of sp³-hybridized carbons (Fsp3) is 0.385. The van der Waals surface area contributed by atoms with Gasteiger partial charge in [-0.3, -0.25) is 4.90 Å². The van der Waals surface area contributed by atoms with Gasteiger partial charge in [-0.2, -0.15) is 0 Å². The fourth-order valence-electron chi connectivity index (χ4n) is 2.24. The van der Waals surface area contributed by atoms with Gasteiger partial charge in [-0.25, -0.2) is 9.78 Å². The zero-order valence-electron chi connectivity index (χ0n) is 9.87. The molecule has 0 aliphatic carbocycles. The van der Waals surface area contributed by atoms with Crippen LogP contribution in [0.1, 0.15) is 16.1 Å². The second-order valence-corrected chi connectivity index (χ2v) is 4.58. The van der Waals surface area contributed by atoms with Crippen LogP contribution < -0.4 is 0 Å². The first-order valence-electron chi connectivity index (χ1n) is 5.94. The summed E-state index contributed by atoms with van der Waals surface area (Å²) in [5.74, 6) is -0.986. The van der Waals surface area contributed by atoms with E-state index in [0.29, 0.717) is 6.04 Å². The fourth-order valence-corrected chi connectivity index (χ4v) is 2.24. The van der Waals surface area contributed by atoms with Gasteiger partial charge in [-0.15, -0.1) is 0 Å². The van der Waals surface area contributed by atoms with E-state index >= 15 is 0 Å². The van der Waals surface area contributed by atoms with Gasteiger partial charge in [0.2, 0.25) is 0 Å². The van der Waals surface area contributed by atoms with E-state index in [-0.39, 0.29) is 5.69 Å². The topological polar surface area (TPSA) is 62.7 Å². The maximum absolute atomic E-state index is 10.9. The summed E-state index contributed by atoms with van der Waals surface area (Å²) in [7, 11) is 0. The molecule has 1 fully saturated rings. The van der Waals surface area contributed by atoms with Crippen LogP contribution in [0.4, 0.5) is 0 Å². The van der Waals surface area contributed by atoms with Crippen molar-refractivity contribution in [2.45, 2.75) is 6.04 Å². The number of carboxylic acid groups (broad SMARTS) is 1. The summed E-state index contributed by atoms with van der Waals surface area (Å²) in [4.78, 5) is 17.1. The van der Waals surface area contributed by atoms with Crippen molar-refractivity contribution in [1.29, 1.82) is 0 Å². The van der Waals surface area contributed by atoms with Crippen molar-refractivity contribution in [2.75, 3.05) is 26.3 Å². The monoisotopic (exact) mass is 246 g/mol. The van der Waals surface area contributed by atoms with E-state index in [1.807, 2.05) is 6.07 Å². The van der Waals surface area contributed by atoms with Gasteiger partial charge < -0.3 is 9.84 Å². The molecule has 1 saturated heterocycles. The van der Waals surface area contributed by atoms with Gasteiger partial charge in [0.25, 0.3) is 0 Å². The van der Waals surface area contributed by atoms with Crippen LogP contribution in [-0.4, -0.2) is 53.3 Å². The van der Waals surface area contributed by atoms with Crippen LogP contribution >= 0.6 is 0 Å². The van der Waals surface area contributed by atoms with Gasteiger partial charge >= 0.3 is 5.97 Å². The highest BCUT2D eigenvalue weighted by molar-refractivity contribution is 5.86. The van der Waals surface area contributed by atoms with Crippen molar-refractivity contribution in [1.82, 2.24) is 9.88 Å². The summed E-state index contributed by atoms with van der Waals surface area (Å²) >= 11 is 0. The van der Waals surface area contributed by atoms with Gasteiger partial charge in [0, 0.05) is 19.3 Å². The van der Waals surface area contributed by atoms with E-state index in [0.717, 1.165) is 31.9 Å². The molecule has 0 saturated carbocycles. The highest BCUT2D eigenvalue weighted by atomic mass is 16.5. The number of ether oxygens (including phenoxy) is 1. The maximum Gasteiger partial charge on any atom is 0.354 e. The maximum atomic E-state index is 10.9. The van der Waals surface area contributed by atoms with Crippen LogP contribution in [0.15, 0.2) is 24.4 Å². The Morgan fingerprint density at radius 3 is 3.00 bits per heavy atom. The molecule has 5 nitrogen and oxygen atoms in total. The molecule has 1 aromatic rings. The van der Waals surface area contributed by atoms with Crippen molar-refractivity contribution in [3.63, 3.8) is 0 Å². The first-order chi connectivity index (χ1) is 8.74. The van der Waals surface area contributed by atoms with E-state index in [1.54, 1.807) is 12.3 Å². The molecule has 3 rings (SSSR count). The largest absolute Gasteiger partial charge is 0.477 e. The lowest BCUT2D eigenvalue weighted by Gasteiger charge is -2.34. The van der Waals surface area contributed by atoms with E-state index in [2.05, 4.69) is 16.0 Å². The molecule has 0 radical (unpaired) electrons. The molecule has 0 bridgehead atoms. The molecule has 0 amide bonds. The van der Waals surface area contributed by atoms with Gasteiger partial charge in [0.15, 0.2) is 0 Å². The molecular weight excluding hydrogens is 232 g/mol. The number of carboxylic acids is 1. The van der Waals surface area contributed by atoms with E-state index in [4.69, 9.17) is 9.84 Å². The molecule has 18 heavy (non-hydrogen) atoms. The first kappa shape index (κ1) is 11.4. The van der Waals surface area contributed by atoms with Crippen molar-refractivity contribution in [2.24, 2.45) is 0 Å². The molecule has 1 N–H and O–H groups in total. The second-order valence-electron chi connectivity index (χ2n) is 4.58. The SMILES string of the molecule is O=C(O)c1cc(C2=CCN(C3COC3)C2)ccn1. The normalized spacial score (nSPS) is 20.6. The van der Waals surface area contributed by atoms with Crippen molar-refractivity contribution < 1.29 is 14.6 Å². The Hall–Kier alpha value is -1.72. The van der Waals surface area contributed by atoms with Crippen LogP contribution in [-0.2, 0) is 4.74 Å². The van der Waals surface area contributed by atoms with E-state index in [1.165, 1.54) is 5.57 Å². The second kappa shape index (κ2) is 4.51. The molecule has 5 heteroatoms. The lowest BCUT2D eigenvalue weighted by atomic mass is 10.1. The molecule has 0 unspecified atom stereocenters. The average molecular weight is 246 g/mol. The third kappa shape index (κ3) is 2.02. The quantitative estimate of drug-likeness (QED) is 0.857. The average Bonchev–Trinajstić information content (AvgIpc) is 2.76. The molecule has 0 aromatic carbocycles. The summed E-state index contributed by atoms with van der Waals surface area (Å²) in [6.45, 7) is 3.38. The lowest BCUT2D eigenvalue weighted by molar-refractivity contribution is -0.0547. The zero-order chi connectivity index (χ0) is 12.5. The highest BCUT2D eigenvalue weighted by Gasteiger charge is 2.28. The Morgan fingerprint density at radius 1 is 1.50 bits per heavy atom.